The molecule has 9 rings (SSSR count). The molecule has 0 aromatic heterocycles. The molecule has 0 bridgehead atoms. The van der Waals surface area contributed by atoms with Gasteiger partial charge in [0.05, 0.1) is 38.1 Å². The number of cyclic esters (lactones) is 1. The van der Waals surface area contributed by atoms with E-state index in [0.717, 1.165) is 5.57 Å². The van der Waals surface area contributed by atoms with Gasteiger partial charge in [0.15, 0.2) is 25.2 Å². The summed E-state index contributed by atoms with van der Waals surface area (Å²) in [5.41, 5.74) is -3.45. The lowest BCUT2D eigenvalue weighted by molar-refractivity contribution is -0.389. The fraction of sp³-hybridized carbons (Fsp3) is 0.929. The van der Waals surface area contributed by atoms with E-state index in [1.54, 1.807) is 0 Å². The maximum Gasteiger partial charge on any atom is 0.397 e. The second-order valence-electron chi connectivity index (χ2n) is 26.8. The first-order chi connectivity index (χ1) is 39.1. The lowest BCUT2D eigenvalue weighted by Gasteiger charge is -2.64. The smallest absolute Gasteiger partial charge is 0.397 e. The molecule has 5 aliphatic heterocycles. The van der Waals surface area contributed by atoms with Crippen LogP contribution < -0.4 is 0 Å². The molecular weight excluding hydrogens is 1140 g/mol. The minimum Gasteiger partial charge on any atom is -0.460 e. The quantitative estimate of drug-likeness (QED) is 0.0345. The molecule has 84 heavy (non-hydrogen) atoms. The van der Waals surface area contributed by atoms with Gasteiger partial charge in [-0.15, -0.1) is 0 Å². The van der Waals surface area contributed by atoms with Crippen molar-refractivity contribution in [2.24, 2.45) is 39.4 Å². The van der Waals surface area contributed by atoms with Gasteiger partial charge >= 0.3 is 22.3 Å². The van der Waals surface area contributed by atoms with Crippen LogP contribution in [0.1, 0.15) is 120 Å². The second-order valence-corrected chi connectivity index (χ2v) is 27.8. The van der Waals surface area contributed by atoms with E-state index in [1.165, 1.54) is 21.0 Å². The Morgan fingerprint density at radius 1 is 0.714 bits per heavy atom. The van der Waals surface area contributed by atoms with Crippen molar-refractivity contribution >= 4 is 22.3 Å². The van der Waals surface area contributed by atoms with Gasteiger partial charge < -0.3 is 103 Å². The molecule has 11 N–H and O–H groups in total. The van der Waals surface area contributed by atoms with Crippen LogP contribution in [0.5, 0.6) is 0 Å². The van der Waals surface area contributed by atoms with E-state index in [4.69, 9.17) is 56.3 Å². The van der Waals surface area contributed by atoms with Crippen molar-refractivity contribution in [1.29, 1.82) is 0 Å². The Hall–Kier alpha value is -2.21. The third-order valence-electron chi connectivity index (χ3n) is 21.0. The van der Waals surface area contributed by atoms with Crippen LogP contribution in [0.2, 0.25) is 0 Å². The van der Waals surface area contributed by atoms with Crippen LogP contribution in [-0.4, -0.2) is 243 Å². The molecule has 1 spiro atoms. The zero-order chi connectivity index (χ0) is 61.8. The molecule has 5 saturated heterocycles. The van der Waals surface area contributed by atoms with Crippen molar-refractivity contribution in [3.8, 4) is 0 Å². The van der Waals surface area contributed by atoms with Gasteiger partial charge in [-0.3, -0.25) is 14.1 Å². The normalized spacial score (nSPS) is 49.4. The van der Waals surface area contributed by atoms with Crippen molar-refractivity contribution in [3.05, 3.63) is 11.6 Å². The summed E-state index contributed by atoms with van der Waals surface area (Å²) in [6, 6.07) is 0. The molecule has 8 fully saturated rings. The van der Waals surface area contributed by atoms with Crippen LogP contribution in [0.15, 0.2) is 11.6 Å². The van der Waals surface area contributed by atoms with E-state index in [1.807, 2.05) is 26.8 Å². The SMILES string of the molecule is CO[C@H]1[C@H](O)[C@@H](O[C@H]2[C@H](O)[C@@H](O[C@@H]3[C@@H](O)[C@H](O)[C@@H](O[C@H]4[C@H](O[C@H]5CC[C@]6(C)C7=C[C@H](O)C89C(=O)O[C@@](C)(CCCC(C)(C)OC(C)=O)C8CC[C@@]9(C)C7CC[C@H]6C5(C)C)OC[C@@H](OS(=O)(=O)O)[C@@H]4O)O[C@H]3C)O[C@@H](CO)[C@@H]2O)O[C@@H](CO)[C@@H]1O. The van der Waals surface area contributed by atoms with Gasteiger partial charge in [0.25, 0.3) is 0 Å². The first-order valence-electron chi connectivity index (χ1n) is 29.3. The summed E-state index contributed by atoms with van der Waals surface area (Å²) in [5.74, 6) is -1.16. The van der Waals surface area contributed by atoms with Gasteiger partial charge in [-0.05, 0) is 114 Å². The molecule has 0 aromatic carbocycles. The van der Waals surface area contributed by atoms with Crippen LogP contribution in [-0.2, 0) is 76.3 Å². The summed E-state index contributed by atoms with van der Waals surface area (Å²) in [5, 5.41) is 112. The molecule has 0 aromatic rings. The van der Waals surface area contributed by atoms with Crippen molar-refractivity contribution in [3.63, 3.8) is 0 Å². The average molecular weight is 1230 g/mol. The molecule has 9 aliphatic rings. The largest absolute Gasteiger partial charge is 0.460 e. The minimum atomic E-state index is -5.19. The number of hydrogen-bond acceptors (Lipinski definition) is 26. The summed E-state index contributed by atoms with van der Waals surface area (Å²) in [7, 11) is -4.01. The molecule has 4 aliphatic carbocycles. The van der Waals surface area contributed by atoms with Crippen molar-refractivity contribution in [2.45, 2.75) is 260 Å². The van der Waals surface area contributed by atoms with Gasteiger partial charge in [-0.25, -0.2) is 4.18 Å². The average Bonchev–Trinajstić information content (AvgIpc) is 1.47. The topological polar surface area (TPSA) is 402 Å². The monoisotopic (exact) mass is 1230 g/mol. The number of aliphatic hydroxyl groups excluding tert-OH is 10. The number of allylic oxidation sites excluding steroid dienone is 1. The molecule has 482 valence electrons. The molecular formula is C56H90O27S. The maximum absolute atomic E-state index is 14.6. The number of hydrogen-bond donors (Lipinski definition) is 11. The standard InChI is InChI=1S/C56H90O27S/c1-24-42(78-48-41(67)44(36(62)29(22-58)76-48)79-47-40(66)43(72-10)35(61)28(21-57)75-47)38(64)39(65)46(74-24)80-45-37(63)30(83-84(69,70)71)23-73-49(45)77-34-15-18-53(7)27-20-33(60)56-32(14-19-54(56,8)26(27)12-13-31(53)52(34,5)6)55(9,82-50(56)68)17-11-16-51(3,4)81-25(2)59/h20,24,26,28-49,57-58,60-67H,11-19,21-23H2,1-10H3,(H,69,70,71)/t24-,26?,28-,29-,30+,31-,32?,33-,34-,35-,36-,37-,38-,39-,40-,41-,42-,43+,44+,45+,46+,47+,48+,49-,53+,54-,55-,56?/m0/s1. The Labute approximate surface area is 489 Å². The molecule has 27 nitrogen and oxygen atoms in total. The number of methoxy groups -OCH3 is 1. The minimum absolute atomic E-state index is 0.0623. The van der Waals surface area contributed by atoms with E-state index in [2.05, 4.69) is 27.7 Å². The van der Waals surface area contributed by atoms with Gasteiger partial charge in [-0.2, -0.15) is 8.42 Å². The Morgan fingerprint density at radius 2 is 1.31 bits per heavy atom. The van der Waals surface area contributed by atoms with Gasteiger partial charge in [0.1, 0.15) is 102 Å². The summed E-state index contributed by atoms with van der Waals surface area (Å²) in [6.07, 6.45) is -26.6. The summed E-state index contributed by atoms with van der Waals surface area (Å²) in [4.78, 5) is 26.4. The maximum atomic E-state index is 14.6. The predicted molar refractivity (Wildman–Crippen MR) is 283 cm³/mol. The summed E-state index contributed by atoms with van der Waals surface area (Å²) >= 11 is 0. The highest BCUT2D eigenvalue weighted by atomic mass is 32.3. The van der Waals surface area contributed by atoms with Gasteiger partial charge in [0.2, 0.25) is 0 Å². The third-order valence-corrected chi connectivity index (χ3v) is 21.5. The first kappa shape index (κ1) is 66.2. The molecule has 3 unspecified atom stereocenters. The van der Waals surface area contributed by atoms with E-state index in [9.17, 15) is 73.6 Å². The highest BCUT2D eigenvalue weighted by Gasteiger charge is 2.79. The van der Waals surface area contributed by atoms with Crippen molar-refractivity contribution in [2.75, 3.05) is 26.9 Å². The van der Waals surface area contributed by atoms with E-state index >= 15 is 0 Å². The number of ether oxygens (including phenoxy) is 11. The second kappa shape index (κ2) is 24.2. The molecule has 0 radical (unpaired) electrons. The van der Waals surface area contributed by atoms with Gasteiger partial charge in [-0.1, -0.05) is 39.3 Å². The van der Waals surface area contributed by atoms with Gasteiger partial charge in [0, 0.05) is 20.0 Å². The number of esters is 2. The molecule has 28 atom stereocenters. The van der Waals surface area contributed by atoms with Crippen LogP contribution in [0.4, 0.5) is 0 Å². The van der Waals surface area contributed by atoms with E-state index < -0.39 is 192 Å². The lowest BCUT2D eigenvalue weighted by atomic mass is 9.40. The zero-order valence-corrected chi connectivity index (χ0v) is 50.1. The summed E-state index contributed by atoms with van der Waals surface area (Å²) in [6.45, 7) is 14.7. The first-order valence-corrected chi connectivity index (χ1v) is 30.7. The summed E-state index contributed by atoms with van der Waals surface area (Å²) < 4.78 is 104. The predicted octanol–water partition coefficient (Wildman–Crippen LogP) is -0.824. The van der Waals surface area contributed by atoms with Crippen LogP contribution in [0.3, 0.4) is 0 Å². The number of aliphatic hydroxyl groups is 10. The number of carbonyl (C=O) groups is 2. The Morgan fingerprint density at radius 3 is 1.92 bits per heavy atom. The van der Waals surface area contributed by atoms with Crippen molar-refractivity contribution < 1.29 is 130 Å². The number of rotatable bonds is 18. The Bertz CT molecular complexity index is 2500. The van der Waals surface area contributed by atoms with Crippen LogP contribution in [0, 0.1) is 39.4 Å². The zero-order valence-electron chi connectivity index (χ0n) is 49.3. The molecule has 5 heterocycles. The lowest BCUT2D eigenvalue weighted by Crippen LogP contribution is -2.67. The number of carbonyl (C=O) groups excluding carboxylic acids is 2. The Kier molecular flexibility index (Phi) is 19.1. The van der Waals surface area contributed by atoms with E-state index in [0.29, 0.717) is 57.8 Å². The molecule has 3 saturated carbocycles. The number of fused-ring (bicyclic) bond motifs is 4. The van der Waals surface area contributed by atoms with Crippen LogP contribution in [0.25, 0.3) is 0 Å². The fourth-order valence-corrected chi connectivity index (χ4v) is 17.4. The Balaban J connectivity index is 0.898. The van der Waals surface area contributed by atoms with Crippen molar-refractivity contribution in [1.82, 2.24) is 0 Å². The third kappa shape index (κ3) is 11.5. The molecule has 28 heteroatoms. The fourth-order valence-electron chi connectivity index (χ4n) is 16.9. The highest BCUT2D eigenvalue weighted by Crippen LogP contribution is 2.76. The van der Waals surface area contributed by atoms with Crippen LogP contribution >= 0.6 is 0 Å². The molecule has 0 amide bonds. The van der Waals surface area contributed by atoms with E-state index in [-0.39, 0.29) is 29.7 Å². The highest BCUT2D eigenvalue weighted by molar-refractivity contribution is 7.80.